The van der Waals surface area contributed by atoms with Gasteiger partial charge in [0.15, 0.2) is 0 Å². The zero-order chi connectivity index (χ0) is 16.8. The van der Waals surface area contributed by atoms with Gasteiger partial charge in [0.2, 0.25) is 11.8 Å². The summed E-state index contributed by atoms with van der Waals surface area (Å²) in [6, 6.07) is 5.25. The average Bonchev–Trinajstić information content (AvgIpc) is 2.52. The summed E-state index contributed by atoms with van der Waals surface area (Å²) >= 11 is 11.9. The molecular weight excluding hydrogens is 337 g/mol. The highest BCUT2D eigenvalue weighted by atomic mass is 35.5. The number of piperazine rings is 1. The standard InChI is InChI=1S/C16H21Cl2N3O2/c1-2-19-15(22)11-20-5-7-21(8-6-20)16(23)10-12-3-4-13(17)14(18)9-12/h3-4,9H,2,5-8,10-11H2,1H3,(H,19,22). The fraction of sp³-hybridized carbons (Fsp3) is 0.500. The predicted molar refractivity (Wildman–Crippen MR) is 91.9 cm³/mol. The van der Waals surface area contributed by atoms with Crippen LogP contribution in [0.25, 0.3) is 0 Å². The molecule has 1 aromatic rings. The summed E-state index contributed by atoms with van der Waals surface area (Å²) in [6.07, 6.45) is 0.313. The second-order valence-electron chi connectivity index (χ2n) is 5.54. The first-order valence-corrected chi connectivity index (χ1v) is 8.46. The summed E-state index contributed by atoms with van der Waals surface area (Å²) in [4.78, 5) is 27.8. The summed E-state index contributed by atoms with van der Waals surface area (Å²) in [7, 11) is 0. The fourth-order valence-corrected chi connectivity index (χ4v) is 2.87. The molecule has 0 radical (unpaired) electrons. The van der Waals surface area contributed by atoms with Crippen LogP contribution in [0.3, 0.4) is 0 Å². The Hall–Kier alpha value is -1.30. The van der Waals surface area contributed by atoms with Gasteiger partial charge in [-0.3, -0.25) is 14.5 Å². The van der Waals surface area contributed by atoms with Gasteiger partial charge in [-0.05, 0) is 24.6 Å². The fourth-order valence-electron chi connectivity index (χ4n) is 2.55. The van der Waals surface area contributed by atoms with Gasteiger partial charge in [0.05, 0.1) is 23.0 Å². The number of rotatable bonds is 5. The number of halogens is 2. The summed E-state index contributed by atoms with van der Waals surface area (Å²) in [6.45, 7) is 5.63. The molecule has 2 amide bonds. The molecule has 5 nitrogen and oxygen atoms in total. The van der Waals surface area contributed by atoms with Gasteiger partial charge in [-0.1, -0.05) is 29.3 Å². The van der Waals surface area contributed by atoms with Crippen LogP contribution in [0.4, 0.5) is 0 Å². The molecule has 1 N–H and O–H groups in total. The van der Waals surface area contributed by atoms with Crippen molar-refractivity contribution < 1.29 is 9.59 Å². The highest BCUT2D eigenvalue weighted by molar-refractivity contribution is 6.42. The van der Waals surface area contributed by atoms with E-state index in [1.807, 2.05) is 17.9 Å². The molecule has 1 saturated heterocycles. The third kappa shape index (κ3) is 5.37. The molecule has 0 aliphatic carbocycles. The topological polar surface area (TPSA) is 52.7 Å². The molecule has 0 atom stereocenters. The van der Waals surface area contributed by atoms with E-state index < -0.39 is 0 Å². The lowest BCUT2D eigenvalue weighted by Gasteiger charge is -2.34. The first-order valence-electron chi connectivity index (χ1n) is 7.70. The molecule has 1 fully saturated rings. The van der Waals surface area contributed by atoms with Crippen LogP contribution < -0.4 is 5.32 Å². The van der Waals surface area contributed by atoms with E-state index in [4.69, 9.17) is 23.2 Å². The van der Waals surface area contributed by atoms with Crippen molar-refractivity contribution in [2.75, 3.05) is 39.3 Å². The molecule has 126 valence electrons. The van der Waals surface area contributed by atoms with Crippen molar-refractivity contribution in [3.63, 3.8) is 0 Å². The number of benzene rings is 1. The highest BCUT2D eigenvalue weighted by Crippen LogP contribution is 2.23. The van der Waals surface area contributed by atoms with Crippen molar-refractivity contribution in [1.82, 2.24) is 15.1 Å². The zero-order valence-corrected chi connectivity index (χ0v) is 14.7. The van der Waals surface area contributed by atoms with E-state index in [0.29, 0.717) is 55.7 Å². The maximum atomic E-state index is 12.3. The Morgan fingerprint density at radius 2 is 1.83 bits per heavy atom. The van der Waals surface area contributed by atoms with E-state index >= 15 is 0 Å². The molecule has 0 spiro atoms. The molecule has 1 aliphatic rings. The molecule has 0 aromatic heterocycles. The Labute approximate surface area is 146 Å². The minimum absolute atomic E-state index is 0.0306. The monoisotopic (exact) mass is 357 g/mol. The average molecular weight is 358 g/mol. The Morgan fingerprint density at radius 1 is 1.13 bits per heavy atom. The number of carbonyl (C=O) groups is 2. The molecule has 0 bridgehead atoms. The van der Waals surface area contributed by atoms with E-state index in [2.05, 4.69) is 10.2 Å². The SMILES string of the molecule is CCNC(=O)CN1CCN(C(=O)Cc2ccc(Cl)c(Cl)c2)CC1. The lowest BCUT2D eigenvalue weighted by Crippen LogP contribution is -2.51. The van der Waals surface area contributed by atoms with Crippen molar-refractivity contribution in [3.8, 4) is 0 Å². The quantitative estimate of drug-likeness (QED) is 0.874. The van der Waals surface area contributed by atoms with E-state index in [9.17, 15) is 9.59 Å². The predicted octanol–water partition coefficient (Wildman–Crippen LogP) is 1.82. The molecule has 23 heavy (non-hydrogen) atoms. The number of nitrogens with one attached hydrogen (secondary N) is 1. The van der Waals surface area contributed by atoms with Crippen LogP contribution in [0.1, 0.15) is 12.5 Å². The lowest BCUT2D eigenvalue weighted by atomic mass is 10.1. The van der Waals surface area contributed by atoms with Crippen LogP contribution in [0.5, 0.6) is 0 Å². The normalized spacial score (nSPS) is 15.5. The summed E-state index contributed by atoms with van der Waals surface area (Å²) in [5.74, 6) is 0.101. The molecule has 2 rings (SSSR count). The molecular formula is C16H21Cl2N3O2. The van der Waals surface area contributed by atoms with Crippen LogP contribution in [0, 0.1) is 0 Å². The maximum absolute atomic E-state index is 12.3. The Morgan fingerprint density at radius 3 is 2.43 bits per heavy atom. The van der Waals surface area contributed by atoms with Gasteiger partial charge < -0.3 is 10.2 Å². The van der Waals surface area contributed by atoms with Gasteiger partial charge in [-0.25, -0.2) is 0 Å². The van der Waals surface area contributed by atoms with Crippen LogP contribution in [0.2, 0.25) is 10.0 Å². The van der Waals surface area contributed by atoms with Crippen LogP contribution in [-0.2, 0) is 16.0 Å². The second-order valence-corrected chi connectivity index (χ2v) is 6.35. The van der Waals surface area contributed by atoms with E-state index in [1.165, 1.54) is 0 Å². The van der Waals surface area contributed by atoms with E-state index in [1.54, 1.807) is 12.1 Å². The number of amides is 2. The summed E-state index contributed by atoms with van der Waals surface area (Å²) in [5.41, 5.74) is 0.856. The third-order valence-corrected chi connectivity index (χ3v) is 4.54. The number of nitrogens with zero attached hydrogens (tertiary/aromatic N) is 2. The molecule has 0 saturated carbocycles. The van der Waals surface area contributed by atoms with Gasteiger partial charge in [0.25, 0.3) is 0 Å². The maximum Gasteiger partial charge on any atom is 0.234 e. The molecule has 0 unspecified atom stereocenters. The zero-order valence-electron chi connectivity index (χ0n) is 13.1. The number of likely N-dealkylation sites (N-methyl/N-ethyl adjacent to an activating group) is 1. The van der Waals surface area contributed by atoms with Crippen molar-refractivity contribution in [2.45, 2.75) is 13.3 Å². The number of hydrogen-bond acceptors (Lipinski definition) is 3. The van der Waals surface area contributed by atoms with Gasteiger partial charge in [0, 0.05) is 32.7 Å². The Balaban J connectivity index is 1.81. The van der Waals surface area contributed by atoms with Crippen molar-refractivity contribution in [3.05, 3.63) is 33.8 Å². The highest BCUT2D eigenvalue weighted by Gasteiger charge is 2.22. The smallest absolute Gasteiger partial charge is 0.234 e. The van der Waals surface area contributed by atoms with Crippen molar-refractivity contribution >= 4 is 35.0 Å². The minimum atomic E-state index is 0.0306. The van der Waals surface area contributed by atoms with Gasteiger partial charge >= 0.3 is 0 Å². The third-order valence-electron chi connectivity index (χ3n) is 3.81. The largest absolute Gasteiger partial charge is 0.355 e. The first kappa shape index (κ1) is 18.0. The summed E-state index contributed by atoms with van der Waals surface area (Å²) in [5, 5.41) is 3.73. The van der Waals surface area contributed by atoms with Gasteiger partial charge in [-0.2, -0.15) is 0 Å². The minimum Gasteiger partial charge on any atom is -0.355 e. The van der Waals surface area contributed by atoms with Crippen LogP contribution in [0.15, 0.2) is 18.2 Å². The lowest BCUT2D eigenvalue weighted by molar-refractivity contribution is -0.132. The van der Waals surface area contributed by atoms with Crippen molar-refractivity contribution in [2.24, 2.45) is 0 Å². The summed E-state index contributed by atoms with van der Waals surface area (Å²) < 4.78 is 0. The first-order chi connectivity index (χ1) is 11.0. The number of carbonyl (C=O) groups excluding carboxylic acids is 2. The number of hydrogen-bond donors (Lipinski definition) is 1. The second kappa shape index (κ2) is 8.52. The molecule has 1 aliphatic heterocycles. The molecule has 7 heteroatoms. The van der Waals surface area contributed by atoms with Gasteiger partial charge in [0.1, 0.15) is 0 Å². The van der Waals surface area contributed by atoms with Crippen LogP contribution >= 0.6 is 23.2 Å². The molecule has 1 heterocycles. The van der Waals surface area contributed by atoms with Crippen molar-refractivity contribution in [1.29, 1.82) is 0 Å². The molecule has 1 aromatic carbocycles. The Kier molecular flexibility index (Phi) is 6.69. The van der Waals surface area contributed by atoms with E-state index in [-0.39, 0.29) is 11.8 Å². The Bertz CT molecular complexity index is 572. The van der Waals surface area contributed by atoms with Gasteiger partial charge in [-0.15, -0.1) is 0 Å². The van der Waals surface area contributed by atoms with E-state index in [0.717, 1.165) is 5.56 Å². The van der Waals surface area contributed by atoms with Crippen LogP contribution in [-0.4, -0.2) is 60.9 Å².